The van der Waals surface area contributed by atoms with Gasteiger partial charge in [0.05, 0.1) is 5.69 Å². The Hall–Kier alpha value is -2.76. The Bertz CT molecular complexity index is 895. The maximum Gasteiger partial charge on any atom is 0.339 e. The molecule has 0 spiro atoms. The number of carboxylic acid groups (broad SMARTS) is 1. The second-order valence-electron chi connectivity index (χ2n) is 6.35. The number of rotatable bonds is 3. The first-order valence-electron chi connectivity index (χ1n) is 7.91. The molecule has 126 valence electrons. The van der Waals surface area contributed by atoms with E-state index in [0.717, 1.165) is 24.8 Å². The van der Waals surface area contributed by atoms with Crippen LogP contribution in [-0.4, -0.2) is 20.7 Å². The zero-order chi connectivity index (χ0) is 17.6. The number of aryl methyl sites for hydroxylation is 1. The molecule has 1 aromatic carbocycles. The number of nitrogens with two attached hydrogens (primary N) is 1. The summed E-state index contributed by atoms with van der Waals surface area (Å²) in [5.74, 6) is -1.18. The van der Waals surface area contributed by atoms with Crippen molar-refractivity contribution in [3.63, 3.8) is 0 Å². The van der Waals surface area contributed by atoms with Crippen molar-refractivity contribution in [3.05, 3.63) is 50.8 Å². The van der Waals surface area contributed by atoms with Crippen LogP contribution >= 0.6 is 0 Å². The zero-order valence-corrected chi connectivity index (χ0v) is 13.7. The van der Waals surface area contributed by atoms with Crippen LogP contribution in [0.15, 0.2) is 23.0 Å². The quantitative estimate of drug-likeness (QED) is 0.803. The molecule has 24 heavy (non-hydrogen) atoms. The van der Waals surface area contributed by atoms with E-state index in [1.807, 2.05) is 0 Å². The molecule has 0 radical (unpaired) electrons. The maximum absolute atomic E-state index is 13.0. The monoisotopic (exact) mass is 328 g/mol. The fourth-order valence-electron chi connectivity index (χ4n) is 3.22. The van der Waals surface area contributed by atoms with E-state index in [1.165, 1.54) is 10.6 Å². The van der Waals surface area contributed by atoms with Crippen molar-refractivity contribution in [2.45, 2.75) is 39.0 Å². The van der Waals surface area contributed by atoms with E-state index in [9.17, 15) is 19.8 Å². The van der Waals surface area contributed by atoms with Crippen molar-refractivity contribution in [2.75, 3.05) is 5.73 Å². The summed E-state index contributed by atoms with van der Waals surface area (Å²) in [4.78, 5) is 24.6. The van der Waals surface area contributed by atoms with Crippen molar-refractivity contribution in [1.29, 1.82) is 0 Å². The number of phenolic OH excluding ortho intramolecular Hbond substituents is 1. The van der Waals surface area contributed by atoms with Gasteiger partial charge in [-0.2, -0.15) is 0 Å². The van der Waals surface area contributed by atoms with Crippen LogP contribution in [0.25, 0.3) is 5.69 Å². The number of aromatic nitrogens is 1. The van der Waals surface area contributed by atoms with Gasteiger partial charge in [-0.1, -0.05) is 12.5 Å². The smallest absolute Gasteiger partial charge is 0.339 e. The summed E-state index contributed by atoms with van der Waals surface area (Å²) in [6.07, 6.45) is 2.77. The molecule has 6 nitrogen and oxygen atoms in total. The first-order chi connectivity index (χ1) is 11.3. The average Bonchev–Trinajstić information content (AvgIpc) is 2.47. The van der Waals surface area contributed by atoms with Gasteiger partial charge in [-0.05, 0) is 50.3 Å². The van der Waals surface area contributed by atoms with Crippen LogP contribution in [0.4, 0.5) is 5.82 Å². The number of aromatic hydroxyl groups is 1. The highest BCUT2D eigenvalue weighted by Crippen LogP contribution is 2.36. The first-order valence-corrected chi connectivity index (χ1v) is 7.91. The number of phenols is 1. The van der Waals surface area contributed by atoms with Gasteiger partial charge in [-0.3, -0.25) is 9.36 Å². The van der Waals surface area contributed by atoms with Gasteiger partial charge < -0.3 is 15.9 Å². The number of hydrogen-bond acceptors (Lipinski definition) is 4. The Balaban J connectivity index is 2.39. The van der Waals surface area contributed by atoms with Crippen molar-refractivity contribution in [1.82, 2.24) is 4.57 Å². The molecule has 1 aromatic heterocycles. The molecule has 2 aromatic rings. The number of benzene rings is 1. The van der Waals surface area contributed by atoms with Crippen molar-refractivity contribution in [3.8, 4) is 11.4 Å². The van der Waals surface area contributed by atoms with Gasteiger partial charge in [-0.15, -0.1) is 0 Å². The predicted molar refractivity (Wildman–Crippen MR) is 91.1 cm³/mol. The molecule has 0 atom stereocenters. The van der Waals surface area contributed by atoms with E-state index in [0.29, 0.717) is 16.8 Å². The molecule has 0 bridgehead atoms. The number of nitrogens with zero attached hydrogens (tertiary/aromatic N) is 1. The molecule has 0 saturated heterocycles. The standard InChI is InChI=1S/C18H20N2O4/c1-9-6-7-14(21)10(2)15(9)20-16(19)13(18(23)24)8-12(17(20)22)11-4-3-5-11/h6-8,11,21H,3-5,19H2,1-2H3,(H,23,24). The van der Waals surface area contributed by atoms with E-state index < -0.39 is 5.97 Å². The highest BCUT2D eigenvalue weighted by atomic mass is 16.4. The summed E-state index contributed by atoms with van der Waals surface area (Å²) in [7, 11) is 0. The third kappa shape index (κ3) is 2.35. The molecule has 1 fully saturated rings. The molecule has 0 amide bonds. The number of carbonyl (C=O) groups is 1. The lowest BCUT2D eigenvalue weighted by atomic mass is 9.80. The van der Waals surface area contributed by atoms with Gasteiger partial charge in [0.1, 0.15) is 17.1 Å². The molecule has 1 saturated carbocycles. The Morgan fingerprint density at radius 1 is 1.29 bits per heavy atom. The number of anilines is 1. The fourth-order valence-corrected chi connectivity index (χ4v) is 3.22. The number of aromatic carboxylic acids is 1. The van der Waals surface area contributed by atoms with Crippen molar-refractivity contribution in [2.24, 2.45) is 0 Å². The summed E-state index contributed by atoms with van der Waals surface area (Å²) < 4.78 is 1.24. The van der Waals surface area contributed by atoms with Gasteiger partial charge in [-0.25, -0.2) is 4.79 Å². The maximum atomic E-state index is 13.0. The van der Waals surface area contributed by atoms with Gasteiger partial charge in [0.15, 0.2) is 0 Å². The molecule has 0 aliphatic heterocycles. The Labute approximate surface area is 139 Å². The van der Waals surface area contributed by atoms with Crippen LogP contribution in [0, 0.1) is 13.8 Å². The predicted octanol–water partition coefficient (Wildman–Crippen LogP) is 2.71. The topological polar surface area (TPSA) is 106 Å². The second kappa shape index (κ2) is 5.70. The van der Waals surface area contributed by atoms with Crippen molar-refractivity contribution >= 4 is 11.8 Å². The van der Waals surface area contributed by atoms with Gasteiger partial charge in [0.2, 0.25) is 0 Å². The van der Waals surface area contributed by atoms with Crippen LogP contribution in [-0.2, 0) is 0 Å². The minimum Gasteiger partial charge on any atom is -0.508 e. The summed E-state index contributed by atoms with van der Waals surface area (Å²) in [6, 6.07) is 4.64. The summed E-state index contributed by atoms with van der Waals surface area (Å²) >= 11 is 0. The second-order valence-corrected chi connectivity index (χ2v) is 6.35. The fraction of sp³-hybridized carbons (Fsp3) is 0.333. The lowest BCUT2D eigenvalue weighted by Gasteiger charge is -2.27. The normalized spacial score (nSPS) is 14.4. The van der Waals surface area contributed by atoms with Gasteiger partial charge >= 0.3 is 5.97 Å². The molecule has 1 aliphatic rings. The molecule has 1 heterocycles. The van der Waals surface area contributed by atoms with Crippen LogP contribution in [0.1, 0.15) is 52.2 Å². The number of carboxylic acids is 1. The largest absolute Gasteiger partial charge is 0.508 e. The lowest BCUT2D eigenvalue weighted by molar-refractivity contribution is 0.0697. The van der Waals surface area contributed by atoms with Gasteiger partial charge in [0, 0.05) is 11.1 Å². The minimum atomic E-state index is -1.17. The van der Waals surface area contributed by atoms with Crippen molar-refractivity contribution < 1.29 is 15.0 Å². The highest BCUT2D eigenvalue weighted by Gasteiger charge is 2.28. The van der Waals surface area contributed by atoms with Crippen LogP contribution in [0.5, 0.6) is 5.75 Å². The molecular formula is C18H20N2O4. The SMILES string of the molecule is Cc1ccc(O)c(C)c1-n1c(N)c(C(=O)O)cc(C2CCC2)c1=O. The third-order valence-electron chi connectivity index (χ3n) is 4.87. The summed E-state index contributed by atoms with van der Waals surface area (Å²) in [5.41, 5.74) is 7.80. The molecule has 4 N–H and O–H groups in total. The molecule has 0 unspecified atom stereocenters. The zero-order valence-electron chi connectivity index (χ0n) is 13.7. The summed E-state index contributed by atoms with van der Waals surface area (Å²) in [5, 5.41) is 19.5. The Morgan fingerprint density at radius 3 is 2.50 bits per heavy atom. The molecular weight excluding hydrogens is 308 g/mol. The number of nitrogen functional groups attached to an aromatic ring is 1. The average molecular weight is 328 g/mol. The molecule has 6 heteroatoms. The third-order valence-corrected chi connectivity index (χ3v) is 4.87. The summed E-state index contributed by atoms with van der Waals surface area (Å²) in [6.45, 7) is 3.48. The van der Waals surface area contributed by atoms with Gasteiger partial charge in [0.25, 0.3) is 5.56 Å². The Kier molecular flexibility index (Phi) is 3.83. The molecule has 1 aliphatic carbocycles. The highest BCUT2D eigenvalue weighted by molar-refractivity contribution is 5.93. The van der Waals surface area contributed by atoms with Crippen LogP contribution in [0.3, 0.4) is 0 Å². The van der Waals surface area contributed by atoms with E-state index in [4.69, 9.17) is 5.73 Å². The molecule has 3 rings (SSSR count). The lowest BCUT2D eigenvalue weighted by Crippen LogP contribution is -2.31. The van der Waals surface area contributed by atoms with E-state index in [1.54, 1.807) is 26.0 Å². The van der Waals surface area contributed by atoms with E-state index >= 15 is 0 Å². The van der Waals surface area contributed by atoms with E-state index in [2.05, 4.69) is 0 Å². The number of pyridine rings is 1. The first kappa shape index (κ1) is 16.1. The minimum absolute atomic E-state index is 0.0350. The van der Waals surface area contributed by atoms with Crippen LogP contribution in [0.2, 0.25) is 0 Å². The Morgan fingerprint density at radius 2 is 1.96 bits per heavy atom. The number of hydrogen-bond donors (Lipinski definition) is 3. The van der Waals surface area contributed by atoms with E-state index in [-0.39, 0.29) is 28.6 Å². The van der Waals surface area contributed by atoms with Crippen LogP contribution < -0.4 is 11.3 Å².